The number of hydrogen-bond acceptors (Lipinski definition) is 9. The second kappa shape index (κ2) is 11.5. The van der Waals surface area contributed by atoms with Gasteiger partial charge in [0, 0.05) is 43.7 Å². The van der Waals surface area contributed by atoms with E-state index in [9.17, 15) is 5.11 Å². The van der Waals surface area contributed by atoms with Crippen LogP contribution in [0.4, 0.5) is 17.5 Å². The van der Waals surface area contributed by atoms with Gasteiger partial charge in [0.15, 0.2) is 35.7 Å². The van der Waals surface area contributed by atoms with E-state index in [4.69, 9.17) is 15.9 Å². The molecule has 0 atom stereocenters. The molecular formula is C25H37N8O2+. The van der Waals surface area contributed by atoms with Crippen LogP contribution in [-0.4, -0.2) is 52.0 Å². The lowest BCUT2D eigenvalue weighted by Gasteiger charge is -2.26. The van der Waals surface area contributed by atoms with E-state index in [2.05, 4.69) is 44.3 Å². The number of anilines is 3. The molecule has 1 aliphatic carbocycles. The van der Waals surface area contributed by atoms with Gasteiger partial charge in [0.2, 0.25) is 5.95 Å². The van der Waals surface area contributed by atoms with Crippen LogP contribution in [0, 0.1) is 6.92 Å². The number of hydrogen-bond donors (Lipinski definition) is 5. The van der Waals surface area contributed by atoms with Gasteiger partial charge in [-0.1, -0.05) is 25.8 Å². The quantitative estimate of drug-likeness (QED) is 0.239. The fraction of sp³-hybridized carbons (Fsp3) is 0.520. The molecule has 2 aromatic heterocycles. The molecule has 2 heterocycles. The summed E-state index contributed by atoms with van der Waals surface area (Å²) in [7, 11) is 0. The molecule has 0 unspecified atom stereocenters. The van der Waals surface area contributed by atoms with E-state index in [0.29, 0.717) is 42.2 Å². The van der Waals surface area contributed by atoms with Crippen molar-refractivity contribution in [3.8, 4) is 0 Å². The first-order chi connectivity index (χ1) is 17.0. The van der Waals surface area contributed by atoms with Gasteiger partial charge in [-0.05, 0) is 25.3 Å². The van der Waals surface area contributed by atoms with Gasteiger partial charge in [0.25, 0.3) is 0 Å². The number of unbranched alkanes of at least 4 members (excludes halogenated alkanes) is 1. The highest BCUT2D eigenvalue weighted by Crippen LogP contribution is 2.26. The van der Waals surface area contributed by atoms with Crippen molar-refractivity contribution in [1.82, 2.24) is 20.3 Å². The van der Waals surface area contributed by atoms with Gasteiger partial charge >= 0.3 is 0 Å². The van der Waals surface area contributed by atoms with Crippen LogP contribution in [0.15, 0.2) is 16.5 Å². The topological polar surface area (TPSA) is 153 Å². The summed E-state index contributed by atoms with van der Waals surface area (Å²) in [5.74, 6) is 1.33. The van der Waals surface area contributed by atoms with E-state index in [1.807, 2.05) is 11.8 Å². The van der Waals surface area contributed by atoms with Crippen molar-refractivity contribution in [3.05, 3.63) is 34.8 Å². The van der Waals surface area contributed by atoms with Gasteiger partial charge < -0.3 is 31.2 Å². The molecule has 1 aromatic carbocycles. The third-order valence-corrected chi connectivity index (χ3v) is 6.46. The van der Waals surface area contributed by atoms with Crippen molar-refractivity contribution in [2.75, 3.05) is 36.1 Å². The predicted octanol–water partition coefficient (Wildman–Crippen LogP) is 1.03. The first-order valence-corrected chi connectivity index (χ1v) is 12.5. The maximum absolute atomic E-state index is 9.48. The summed E-state index contributed by atoms with van der Waals surface area (Å²) in [5.41, 5.74) is 17.2. The number of aromatic nitrogens is 3. The smallest absolute Gasteiger partial charge is 0.222 e. The second-order valence-electron chi connectivity index (χ2n) is 9.10. The van der Waals surface area contributed by atoms with E-state index in [1.54, 1.807) is 6.21 Å². The molecule has 7 N–H and O–H groups in total. The molecule has 1 aliphatic rings. The van der Waals surface area contributed by atoms with E-state index < -0.39 is 0 Å². The van der Waals surface area contributed by atoms with E-state index in [0.717, 1.165) is 48.2 Å². The molecule has 3 aromatic rings. The van der Waals surface area contributed by atoms with E-state index >= 15 is 0 Å². The Hall–Kier alpha value is -3.24. The molecule has 35 heavy (non-hydrogen) atoms. The molecular weight excluding hydrogens is 444 g/mol. The number of nitrogens with zero attached hydrogens (tertiary/aromatic N) is 4. The van der Waals surface area contributed by atoms with Gasteiger partial charge in [0.1, 0.15) is 11.2 Å². The highest BCUT2D eigenvalue weighted by Gasteiger charge is 2.20. The molecule has 0 radical (unpaired) electrons. The minimum atomic E-state index is 0.00362. The number of rotatable bonds is 12. The van der Waals surface area contributed by atoms with Gasteiger partial charge in [-0.2, -0.15) is 4.98 Å². The largest absolute Gasteiger partial charge is 0.441 e. The summed E-state index contributed by atoms with van der Waals surface area (Å²) in [6.45, 7) is 6.45. The summed E-state index contributed by atoms with van der Waals surface area (Å²) in [6, 6.07) is 4.79. The number of oxazole rings is 1. The molecule has 4 rings (SSSR count). The Bertz CT molecular complexity index is 1170. The Morgan fingerprint density at radius 2 is 2.00 bits per heavy atom. The summed E-state index contributed by atoms with van der Waals surface area (Å²) >= 11 is 0. The highest BCUT2D eigenvalue weighted by atomic mass is 16.3. The molecule has 188 valence electrons. The minimum Gasteiger partial charge on any atom is -0.441 e. The molecule has 0 saturated heterocycles. The number of nitrogen functional groups attached to an aromatic ring is 2. The van der Waals surface area contributed by atoms with Crippen LogP contribution in [0.1, 0.15) is 61.7 Å². The molecule has 0 aliphatic heterocycles. The molecule has 10 heteroatoms. The summed E-state index contributed by atoms with van der Waals surface area (Å²) in [5, 5.41) is 13.1. The minimum absolute atomic E-state index is 0.00362. The van der Waals surface area contributed by atoms with Crippen molar-refractivity contribution >= 4 is 34.8 Å². The predicted molar refractivity (Wildman–Crippen MR) is 138 cm³/mol. The zero-order valence-electron chi connectivity index (χ0n) is 20.7. The summed E-state index contributed by atoms with van der Waals surface area (Å²) in [6.07, 6.45) is 7.51. The average Bonchev–Trinajstić information content (AvgIpc) is 3.20. The summed E-state index contributed by atoms with van der Waals surface area (Å²) < 4.78 is 5.95. The maximum atomic E-state index is 9.48. The van der Waals surface area contributed by atoms with Crippen molar-refractivity contribution in [2.45, 2.75) is 65.1 Å². The van der Waals surface area contributed by atoms with Crippen LogP contribution in [0.3, 0.4) is 0 Å². The Kier molecular flexibility index (Phi) is 8.14. The lowest BCUT2D eigenvalue weighted by Crippen LogP contribution is -2.67. The zero-order chi connectivity index (χ0) is 24.8. The maximum Gasteiger partial charge on any atom is 0.222 e. The molecule has 1 fully saturated rings. The number of nitrogens with two attached hydrogens (primary N) is 2. The number of benzene rings is 1. The Labute approximate surface area is 205 Å². The molecule has 1 saturated carbocycles. The van der Waals surface area contributed by atoms with Crippen LogP contribution in [0.25, 0.3) is 11.1 Å². The molecule has 0 bridgehead atoms. The van der Waals surface area contributed by atoms with E-state index in [1.165, 1.54) is 19.3 Å². The van der Waals surface area contributed by atoms with E-state index in [-0.39, 0.29) is 12.6 Å². The third-order valence-electron chi connectivity index (χ3n) is 6.46. The SMILES string of the molecule is CCCCN(CCO)c1nc(N)nc(C=[NH+]Cc2ccc(CNC3CCC3)c3oc(C)nc23)c1N. The van der Waals surface area contributed by atoms with Gasteiger partial charge in [-0.15, -0.1) is 0 Å². The van der Waals surface area contributed by atoms with Crippen molar-refractivity contribution in [1.29, 1.82) is 0 Å². The van der Waals surface area contributed by atoms with Crippen molar-refractivity contribution in [2.24, 2.45) is 0 Å². The van der Waals surface area contributed by atoms with Crippen LogP contribution in [0.5, 0.6) is 0 Å². The summed E-state index contributed by atoms with van der Waals surface area (Å²) in [4.78, 5) is 18.5. The number of aliphatic hydroxyl groups excluding tert-OH is 1. The lowest BCUT2D eigenvalue weighted by atomic mass is 9.93. The lowest BCUT2D eigenvalue weighted by molar-refractivity contribution is -0.469. The van der Waals surface area contributed by atoms with Crippen molar-refractivity contribution < 1.29 is 14.5 Å². The first kappa shape index (κ1) is 24.9. The Morgan fingerprint density at radius 1 is 1.20 bits per heavy atom. The second-order valence-corrected chi connectivity index (χ2v) is 9.10. The molecule has 0 amide bonds. The monoisotopic (exact) mass is 481 g/mol. The fourth-order valence-electron chi connectivity index (χ4n) is 4.26. The van der Waals surface area contributed by atoms with Crippen LogP contribution in [-0.2, 0) is 13.1 Å². The zero-order valence-corrected chi connectivity index (χ0v) is 20.7. The van der Waals surface area contributed by atoms with Gasteiger partial charge in [-0.3, -0.25) is 0 Å². The average molecular weight is 482 g/mol. The van der Waals surface area contributed by atoms with Crippen LogP contribution >= 0.6 is 0 Å². The Balaban J connectivity index is 1.54. The van der Waals surface area contributed by atoms with Crippen molar-refractivity contribution in [3.63, 3.8) is 0 Å². The highest BCUT2D eigenvalue weighted by molar-refractivity contribution is 5.86. The first-order valence-electron chi connectivity index (χ1n) is 12.5. The van der Waals surface area contributed by atoms with Gasteiger partial charge in [-0.25, -0.2) is 15.0 Å². The Morgan fingerprint density at radius 3 is 2.71 bits per heavy atom. The standard InChI is InChI=1S/C25H36N8O2/c1-3-4-10-33(11-12-34)24-21(26)20(31-25(27)32-24)15-28-13-17-8-9-18(14-29-19-6-5-7-19)23-22(17)30-16(2)35-23/h8-9,15,19,29,34H,3-7,10-14,26H2,1-2H3,(H2,27,31,32)/p+1. The number of fused-ring (bicyclic) bond motifs is 1. The number of aliphatic hydroxyl groups is 1. The number of aryl methyl sites for hydroxylation is 1. The van der Waals surface area contributed by atoms with Gasteiger partial charge in [0.05, 0.1) is 6.61 Å². The molecule has 0 spiro atoms. The number of nitrogens with one attached hydrogen (secondary N) is 2. The normalized spacial score (nSPS) is 14.1. The molecule has 10 nitrogen and oxygen atoms in total. The fourth-order valence-corrected chi connectivity index (χ4v) is 4.26. The third kappa shape index (κ3) is 5.88. The van der Waals surface area contributed by atoms with Crippen LogP contribution in [0.2, 0.25) is 0 Å². The van der Waals surface area contributed by atoms with Crippen LogP contribution < -0.4 is 26.7 Å².